The Labute approximate surface area is 131 Å². The summed E-state index contributed by atoms with van der Waals surface area (Å²) in [6.45, 7) is 1.92. The van der Waals surface area contributed by atoms with Gasteiger partial charge in [0, 0.05) is 17.2 Å². The third kappa shape index (κ3) is 3.19. The standard InChI is InChI=1S/C16H16BrFO3/c1-9-4-5-14(20-2)10(6-9)16(19)11-7-12(17)13(18)8-15(11)21-3/h4-8,16,19H,1-3H3. The van der Waals surface area contributed by atoms with Crippen molar-refractivity contribution in [3.05, 3.63) is 57.3 Å². The second-order valence-electron chi connectivity index (χ2n) is 4.66. The molecule has 2 aromatic rings. The molecule has 0 aliphatic rings. The van der Waals surface area contributed by atoms with Crippen LogP contribution in [0.3, 0.4) is 0 Å². The highest BCUT2D eigenvalue weighted by Gasteiger charge is 2.21. The molecule has 2 rings (SSSR count). The molecular formula is C16H16BrFO3. The van der Waals surface area contributed by atoms with Crippen LogP contribution in [0.15, 0.2) is 34.8 Å². The average Bonchev–Trinajstić information content (AvgIpc) is 2.48. The maximum atomic E-state index is 13.6. The quantitative estimate of drug-likeness (QED) is 0.901. The van der Waals surface area contributed by atoms with Crippen LogP contribution in [0.1, 0.15) is 22.8 Å². The molecule has 0 radical (unpaired) electrons. The highest BCUT2D eigenvalue weighted by atomic mass is 79.9. The molecule has 2 aromatic carbocycles. The number of ether oxygens (including phenoxy) is 2. The first-order valence-corrected chi connectivity index (χ1v) is 7.12. The first-order valence-electron chi connectivity index (χ1n) is 6.33. The van der Waals surface area contributed by atoms with Crippen LogP contribution in [0.25, 0.3) is 0 Å². The van der Waals surface area contributed by atoms with Gasteiger partial charge in [0.05, 0.1) is 18.7 Å². The Kier molecular flexibility index (Phi) is 4.85. The van der Waals surface area contributed by atoms with E-state index in [2.05, 4.69) is 15.9 Å². The van der Waals surface area contributed by atoms with Crippen molar-refractivity contribution < 1.29 is 19.0 Å². The van der Waals surface area contributed by atoms with Gasteiger partial charge in [0.25, 0.3) is 0 Å². The summed E-state index contributed by atoms with van der Waals surface area (Å²) in [6, 6.07) is 8.28. The molecule has 1 atom stereocenters. The molecule has 21 heavy (non-hydrogen) atoms. The summed E-state index contributed by atoms with van der Waals surface area (Å²) in [5.74, 6) is 0.404. The van der Waals surface area contributed by atoms with Crippen molar-refractivity contribution >= 4 is 15.9 Å². The molecule has 0 saturated heterocycles. The summed E-state index contributed by atoms with van der Waals surface area (Å²) >= 11 is 3.13. The van der Waals surface area contributed by atoms with Crippen LogP contribution in [-0.4, -0.2) is 19.3 Å². The molecule has 0 aliphatic carbocycles. The number of aryl methyl sites for hydroxylation is 1. The molecule has 1 unspecified atom stereocenters. The van der Waals surface area contributed by atoms with Crippen molar-refractivity contribution in [2.24, 2.45) is 0 Å². The Hall–Kier alpha value is -1.59. The molecule has 0 fully saturated rings. The number of hydrogen-bond acceptors (Lipinski definition) is 3. The van der Waals surface area contributed by atoms with Gasteiger partial charge in [0.2, 0.25) is 0 Å². The van der Waals surface area contributed by atoms with Crippen LogP contribution in [0.5, 0.6) is 11.5 Å². The maximum Gasteiger partial charge on any atom is 0.141 e. The largest absolute Gasteiger partial charge is 0.496 e. The van der Waals surface area contributed by atoms with Gasteiger partial charge in [-0.25, -0.2) is 4.39 Å². The summed E-state index contributed by atoms with van der Waals surface area (Å²) in [5.41, 5.74) is 2.06. The van der Waals surface area contributed by atoms with Crippen LogP contribution in [0.4, 0.5) is 4.39 Å². The second kappa shape index (κ2) is 6.45. The summed E-state index contributed by atoms with van der Waals surface area (Å²) in [7, 11) is 2.98. The van der Waals surface area contributed by atoms with E-state index in [0.717, 1.165) is 5.56 Å². The monoisotopic (exact) mass is 354 g/mol. The molecule has 1 N–H and O–H groups in total. The minimum atomic E-state index is -0.980. The van der Waals surface area contributed by atoms with E-state index < -0.39 is 11.9 Å². The van der Waals surface area contributed by atoms with Crippen molar-refractivity contribution in [1.82, 2.24) is 0 Å². The second-order valence-corrected chi connectivity index (χ2v) is 5.51. The molecule has 0 aliphatic heterocycles. The van der Waals surface area contributed by atoms with Gasteiger partial charge in [-0.2, -0.15) is 0 Å². The zero-order valence-corrected chi connectivity index (χ0v) is 13.6. The first-order chi connectivity index (χ1) is 9.97. The highest BCUT2D eigenvalue weighted by molar-refractivity contribution is 9.10. The molecule has 112 valence electrons. The molecule has 0 heterocycles. The fourth-order valence-corrected chi connectivity index (χ4v) is 2.53. The van der Waals surface area contributed by atoms with E-state index in [0.29, 0.717) is 16.9 Å². The van der Waals surface area contributed by atoms with Crippen LogP contribution in [-0.2, 0) is 0 Å². The topological polar surface area (TPSA) is 38.7 Å². The predicted octanol–water partition coefficient (Wildman–Crippen LogP) is 4.00. The average molecular weight is 355 g/mol. The lowest BCUT2D eigenvalue weighted by Gasteiger charge is -2.18. The van der Waals surface area contributed by atoms with Gasteiger partial charge >= 0.3 is 0 Å². The molecule has 5 heteroatoms. The van der Waals surface area contributed by atoms with Crippen LogP contribution in [0, 0.1) is 12.7 Å². The number of aliphatic hydroxyl groups is 1. The van der Waals surface area contributed by atoms with Crippen molar-refractivity contribution in [2.45, 2.75) is 13.0 Å². The van der Waals surface area contributed by atoms with Gasteiger partial charge in [-0.05, 0) is 41.1 Å². The summed E-state index contributed by atoms with van der Waals surface area (Å²) in [5, 5.41) is 10.7. The summed E-state index contributed by atoms with van der Waals surface area (Å²) < 4.78 is 24.3. The minimum absolute atomic E-state index is 0.268. The molecule has 0 saturated carbocycles. The van der Waals surface area contributed by atoms with Crippen LogP contribution < -0.4 is 9.47 Å². The Bertz CT molecular complexity index is 658. The Balaban J connectivity index is 2.56. The highest BCUT2D eigenvalue weighted by Crippen LogP contribution is 2.37. The van der Waals surface area contributed by atoms with E-state index in [9.17, 15) is 9.50 Å². The zero-order chi connectivity index (χ0) is 15.6. The van der Waals surface area contributed by atoms with Crippen LogP contribution >= 0.6 is 15.9 Å². The zero-order valence-electron chi connectivity index (χ0n) is 12.0. The number of halogens is 2. The number of aliphatic hydroxyl groups excluding tert-OH is 1. The first kappa shape index (κ1) is 15.8. The van der Waals surface area contributed by atoms with Crippen LogP contribution in [0.2, 0.25) is 0 Å². The number of benzene rings is 2. The summed E-state index contributed by atoms with van der Waals surface area (Å²) in [4.78, 5) is 0. The predicted molar refractivity (Wildman–Crippen MR) is 82.4 cm³/mol. The number of rotatable bonds is 4. The molecule has 3 nitrogen and oxygen atoms in total. The normalized spacial score (nSPS) is 12.1. The maximum absolute atomic E-state index is 13.6. The fourth-order valence-electron chi connectivity index (χ4n) is 2.17. The number of methoxy groups -OCH3 is 2. The van der Waals surface area contributed by atoms with Gasteiger partial charge in [0.1, 0.15) is 23.4 Å². The fraction of sp³-hybridized carbons (Fsp3) is 0.250. The van der Waals surface area contributed by atoms with E-state index in [-0.39, 0.29) is 10.2 Å². The van der Waals surface area contributed by atoms with Crippen molar-refractivity contribution in [3.8, 4) is 11.5 Å². The van der Waals surface area contributed by atoms with Gasteiger partial charge < -0.3 is 14.6 Å². The van der Waals surface area contributed by atoms with Gasteiger partial charge in [-0.1, -0.05) is 11.6 Å². The minimum Gasteiger partial charge on any atom is -0.496 e. The SMILES string of the molecule is COc1ccc(C)cc1C(O)c1cc(Br)c(F)cc1OC. The molecule has 0 spiro atoms. The Morgan fingerprint density at radius 1 is 1.05 bits per heavy atom. The molecular weight excluding hydrogens is 339 g/mol. The Morgan fingerprint density at radius 2 is 1.67 bits per heavy atom. The smallest absolute Gasteiger partial charge is 0.141 e. The lowest BCUT2D eigenvalue weighted by Crippen LogP contribution is -2.05. The van der Waals surface area contributed by atoms with E-state index in [4.69, 9.17) is 9.47 Å². The molecule has 0 bridgehead atoms. The van der Waals surface area contributed by atoms with Crippen molar-refractivity contribution in [3.63, 3.8) is 0 Å². The van der Waals surface area contributed by atoms with E-state index in [1.807, 2.05) is 19.1 Å². The lowest BCUT2D eigenvalue weighted by molar-refractivity contribution is 0.209. The van der Waals surface area contributed by atoms with Gasteiger partial charge in [0.15, 0.2) is 0 Å². The molecule has 0 amide bonds. The summed E-state index contributed by atoms with van der Waals surface area (Å²) in [6.07, 6.45) is -0.980. The Morgan fingerprint density at radius 3 is 2.29 bits per heavy atom. The third-order valence-corrected chi connectivity index (χ3v) is 3.85. The molecule has 0 aromatic heterocycles. The van der Waals surface area contributed by atoms with Crippen molar-refractivity contribution in [2.75, 3.05) is 14.2 Å². The van der Waals surface area contributed by atoms with E-state index in [1.54, 1.807) is 13.2 Å². The van der Waals surface area contributed by atoms with E-state index in [1.165, 1.54) is 19.2 Å². The lowest BCUT2D eigenvalue weighted by atomic mass is 9.98. The number of hydrogen-bond donors (Lipinski definition) is 1. The van der Waals surface area contributed by atoms with E-state index >= 15 is 0 Å². The van der Waals surface area contributed by atoms with Gasteiger partial charge in [-0.3, -0.25) is 0 Å². The van der Waals surface area contributed by atoms with Crippen molar-refractivity contribution in [1.29, 1.82) is 0 Å². The third-order valence-electron chi connectivity index (χ3n) is 3.25. The van der Waals surface area contributed by atoms with Gasteiger partial charge in [-0.15, -0.1) is 0 Å².